The van der Waals surface area contributed by atoms with E-state index < -0.39 is 0 Å². The quantitative estimate of drug-likeness (QED) is 0.550. The van der Waals surface area contributed by atoms with E-state index in [2.05, 4.69) is 26.0 Å². The number of rotatable bonds is 1. The molecule has 0 spiro atoms. The van der Waals surface area contributed by atoms with Gasteiger partial charge >= 0.3 is 0 Å². The second kappa shape index (κ2) is 5.81. The summed E-state index contributed by atoms with van der Waals surface area (Å²) in [7, 11) is 0. The molecule has 0 aliphatic heterocycles. The van der Waals surface area contributed by atoms with Gasteiger partial charge in [0, 0.05) is 0 Å². The number of halogens is 1. The lowest BCUT2D eigenvalue weighted by Gasteiger charge is -1.99. The van der Waals surface area contributed by atoms with Gasteiger partial charge in [0.15, 0.2) is 0 Å². The molecule has 0 saturated carbocycles. The van der Waals surface area contributed by atoms with Crippen LogP contribution in [0.2, 0.25) is 0 Å². The van der Waals surface area contributed by atoms with Crippen molar-refractivity contribution in [3.05, 3.63) is 59.4 Å². The van der Waals surface area contributed by atoms with Crippen molar-refractivity contribution in [3.63, 3.8) is 0 Å². The van der Waals surface area contributed by atoms with Gasteiger partial charge in [-0.1, -0.05) is 57.0 Å². The van der Waals surface area contributed by atoms with Crippen LogP contribution in [0.4, 0.5) is 4.39 Å². The molecule has 0 radical (unpaired) electrons. The standard InChI is InChI=1S/C13H9F.C4H10/c14-11-5-6-13-10(8-11)7-9-3-1-2-4-12(9)13;1-3-4-2/h1-6,8H,7H2;3-4H2,1-2H3. The summed E-state index contributed by atoms with van der Waals surface area (Å²) >= 11 is 0. The number of hydrogen-bond donors (Lipinski definition) is 0. The maximum atomic E-state index is 13.0. The summed E-state index contributed by atoms with van der Waals surface area (Å²) in [6, 6.07) is 13.3. The minimum Gasteiger partial charge on any atom is -0.207 e. The van der Waals surface area contributed by atoms with Crippen molar-refractivity contribution in [1.29, 1.82) is 0 Å². The summed E-state index contributed by atoms with van der Waals surface area (Å²) in [6.45, 7) is 4.36. The monoisotopic (exact) mass is 242 g/mol. The minimum atomic E-state index is -0.142. The molecule has 18 heavy (non-hydrogen) atoms. The first kappa shape index (κ1) is 12.8. The number of unbranched alkanes of at least 4 members (excludes halogenated alkanes) is 1. The van der Waals surface area contributed by atoms with Gasteiger partial charge in [0.1, 0.15) is 5.82 Å². The first-order chi connectivity index (χ1) is 8.76. The van der Waals surface area contributed by atoms with Gasteiger partial charge in [0.2, 0.25) is 0 Å². The third-order valence-corrected chi connectivity index (χ3v) is 3.26. The van der Waals surface area contributed by atoms with Gasteiger partial charge in [0.25, 0.3) is 0 Å². The van der Waals surface area contributed by atoms with Gasteiger partial charge in [-0.05, 0) is 40.8 Å². The third-order valence-electron chi connectivity index (χ3n) is 3.26. The predicted octanol–water partition coefficient (Wildman–Crippen LogP) is 5.20. The number of hydrogen-bond acceptors (Lipinski definition) is 0. The third kappa shape index (κ3) is 2.61. The average molecular weight is 242 g/mol. The molecular formula is C17H19F. The summed E-state index contributed by atoms with van der Waals surface area (Å²) in [5.74, 6) is -0.142. The van der Waals surface area contributed by atoms with Crippen molar-refractivity contribution in [3.8, 4) is 11.1 Å². The lowest BCUT2D eigenvalue weighted by atomic mass is 10.1. The first-order valence-electron chi connectivity index (χ1n) is 6.63. The lowest BCUT2D eigenvalue weighted by molar-refractivity contribution is 0.626. The van der Waals surface area contributed by atoms with Crippen LogP contribution in [-0.2, 0) is 6.42 Å². The van der Waals surface area contributed by atoms with Gasteiger partial charge in [0.05, 0.1) is 0 Å². The van der Waals surface area contributed by atoms with Gasteiger partial charge in [-0.25, -0.2) is 4.39 Å². The Hall–Kier alpha value is -1.63. The zero-order valence-corrected chi connectivity index (χ0v) is 11.0. The van der Waals surface area contributed by atoms with E-state index >= 15 is 0 Å². The molecule has 1 aliphatic carbocycles. The maximum Gasteiger partial charge on any atom is 0.123 e. The van der Waals surface area contributed by atoms with Crippen LogP contribution < -0.4 is 0 Å². The Balaban J connectivity index is 0.000000267. The molecule has 2 aromatic rings. The summed E-state index contributed by atoms with van der Waals surface area (Å²) in [6.07, 6.45) is 3.50. The molecule has 3 rings (SSSR count). The summed E-state index contributed by atoms with van der Waals surface area (Å²) in [5.41, 5.74) is 4.84. The summed E-state index contributed by atoms with van der Waals surface area (Å²) in [4.78, 5) is 0. The molecule has 94 valence electrons. The second-order valence-electron chi connectivity index (χ2n) is 4.64. The lowest BCUT2D eigenvalue weighted by Crippen LogP contribution is -1.81. The molecule has 1 aliphatic rings. The van der Waals surface area contributed by atoms with Gasteiger partial charge in [-0.3, -0.25) is 0 Å². The Morgan fingerprint density at radius 3 is 2.28 bits per heavy atom. The van der Waals surface area contributed by atoms with Crippen molar-refractivity contribution in [1.82, 2.24) is 0 Å². The highest BCUT2D eigenvalue weighted by Gasteiger charge is 2.17. The van der Waals surface area contributed by atoms with Crippen molar-refractivity contribution < 1.29 is 4.39 Å². The molecular weight excluding hydrogens is 223 g/mol. The van der Waals surface area contributed by atoms with Crippen LogP contribution in [-0.4, -0.2) is 0 Å². The van der Waals surface area contributed by atoms with Gasteiger partial charge in [-0.15, -0.1) is 0 Å². The highest BCUT2D eigenvalue weighted by Crippen LogP contribution is 2.36. The normalized spacial score (nSPS) is 11.3. The van der Waals surface area contributed by atoms with Crippen LogP contribution in [0.3, 0.4) is 0 Å². The topological polar surface area (TPSA) is 0 Å². The molecule has 0 nitrogen and oxygen atoms in total. The van der Waals surface area contributed by atoms with Crippen LogP contribution in [0.5, 0.6) is 0 Å². The van der Waals surface area contributed by atoms with Crippen molar-refractivity contribution in [2.45, 2.75) is 33.1 Å². The summed E-state index contributed by atoms with van der Waals surface area (Å²) in [5, 5.41) is 0. The Bertz CT molecular complexity index is 527. The average Bonchev–Trinajstić information content (AvgIpc) is 2.76. The first-order valence-corrected chi connectivity index (χ1v) is 6.63. The van der Waals surface area contributed by atoms with Crippen LogP contribution in [0.25, 0.3) is 11.1 Å². The van der Waals surface area contributed by atoms with E-state index in [1.165, 1.54) is 35.6 Å². The predicted molar refractivity (Wildman–Crippen MR) is 75.2 cm³/mol. The molecule has 0 amide bonds. The number of fused-ring (bicyclic) bond motifs is 3. The van der Waals surface area contributed by atoms with E-state index in [-0.39, 0.29) is 5.82 Å². The van der Waals surface area contributed by atoms with Gasteiger partial charge < -0.3 is 0 Å². The smallest absolute Gasteiger partial charge is 0.123 e. The second-order valence-corrected chi connectivity index (χ2v) is 4.64. The molecule has 0 unspecified atom stereocenters. The molecule has 2 aromatic carbocycles. The van der Waals surface area contributed by atoms with Crippen molar-refractivity contribution in [2.24, 2.45) is 0 Å². The van der Waals surface area contributed by atoms with Crippen LogP contribution in [0.15, 0.2) is 42.5 Å². The fourth-order valence-corrected chi connectivity index (χ4v) is 2.11. The van der Waals surface area contributed by atoms with Crippen LogP contribution in [0.1, 0.15) is 37.8 Å². The molecule has 0 heterocycles. The van der Waals surface area contributed by atoms with E-state index in [4.69, 9.17) is 0 Å². The Kier molecular flexibility index (Phi) is 4.14. The molecule has 1 heteroatoms. The van der Waals surface area contributed by atoms with E-state index in [0.717, 1.165) is 12.0 Å². The van der Waals surface area contributed by atoms with Crippen LogP contribution >= 0.6 is 0 Å². The molecule has 0 fully saturated rings. The molecule has 0 atom stereocenters. The summed E-state index contributed by atoms with van der Waals surface area (Å²) < 4.78 is 13.0. The maximum absolute atomic E-state index is 13.0. The minimum absolute atomic E-state index is 0.142. The van der Waals surface area contributed by atoms with Crippen LogP contribution in [0, 0.1) is 5.82 Å². The van der Waals surface area contributed by atoms with Crippen molar-refractivity contribution in [2.75, 3.05) is 0 Å². The zero-order valence-electron chi connectivity index (χ0n) is 11.0. The molecule has 0 saturated heterocycles. The highest BCUT2D eigenvalue weighted by molar-refractivity contribution is 5.76. The van der Waals surface area contributed by atoms with Gasteiger partial charge in [-0.2, -0.15) is 0 Å². The molecule has 0 aromatic heterocycles. The highest BCUT2D eigenvalue weighted by atomic mass is 19.1. The van der Waals surface area contributed by atoms with E-state index in [9.17, 15) is 4.39 Å². The van der Waals surface area contributed by atoms with E-state index in [0.29, 0.717) is 0 Å². The largest absolute Gasteiger partial charge is 0.207 e. The Labute approximate surface area is 108 Å². The van der Waals surface area contributed by atoms with E-state index in [1.54, 1.807) is 6.07 Å². The Morgan fingerprint density at radius 1 is 0.889 bits per heavy atom. The SMILES string of the molecule is CCCC.Fc1ccc2c(c1)Cc1ccccc1-2. The molecule has 0 bridgehead atoms. The molecule has 0 N–H and O–H groups in total. The fourth-order valence-electron chi connectivity index (χ4n) is 2.11. The Morgan fingerprint density at radius 2 is 1.56 bits per heavy atom. The fraction of sp³-hybridized carbons (Fsp3) is 0.294. The number of benzene rings is 2. The zero-order chi connectivity index (χ0) is 13.0. The van der Waals surface area contributed by atoms with E-state index in [1.807, 2.05) is 18.2 Å². The van der Waals surface area contributed by atoms with Crippen molar-refractivity contribution >= 4 is 0 Å².